The van der Waals surface area contributed by atoms with Crippen LogP contribution in [-0.2, 0) is 10.4 Å². The molecule has 0 saturated heterocycles. The molecule has 1 rings (SSSR count). The molecule has 0 unspecified atom stereocenters. The van der Waals surface area contributed by atoms with Gasteiger partial charge in [0.25, 0.3) is 0 Å². The second kappa shape index (κ2) is 11.2. The molecule has 3 N–H and O–H groups in total. The highest BCUT2D eigenvalue weighted by atomic mass is 32.3. The predicted octanol–water partition coefficient (Wildman–Crippen LogP) is 3.47. The molecule has 0 aromatic carbocycles. The van der Waals surface area contributed by atoms with E-state index in [2.05, 4.69) is 5.16 Å². The molecular formula is C12H25NO5S. The average Bonchev–Trinajstić information content (AvgIpc) is 2.27. The average molecular weight is 295 g/mol. The first-order valence-electron chi connectivity index (χ1n) is 6.83. The third kappa shape index (κ3) is 17.3. The normalized spacial score (nSPS) is 19.4. The van der Waals surface area contributed by atoms with Crippen LogP contribution in [0.1, 0.15) is 70.6 Å². The smallest absolute Gasteiger partial charge is 0.394 e. The molecule has 1 fully saturated rings. The lowest BCUT2D eigenvalue weighted by atomic mass is 10.00. The van der Waals surface area contributed by atoms with Crippen LogP contribution in [0.15, 0.2) is 5.16 Å². The van der Waals surface area contributed by atoms with Gasteiger partial charge in [0.1, 0.15) is 0 Å². The third-order valence-corrected chi connectivity index (χ3v) is 3.07. The van der Waals surface area contributed by atoms with Gasteiger partial charge in [-0.1, -0.05) is 50.1 Å². The zero-order valence-electron chi connectivity index (χ0n) is 11.3. The summed E-state index contributed by atoms with van der Waals surface area (Å²) < 4.78 is 31.6. The summed E-state index contributed by atoms with van der Waals surface area (Å²) in [6.07, 6.45) is 14.0. The van der Waals surface area contributed by atoms with Crippen LogP contribution in [0.2, 0.25) is 0 Å². The Balaban J connectivity index is 0.000000555. The molecule has 1 saturated carbocycles. The van der Waals surface area contributed by atoms with Gasteiger partial charge in [-0.05, 0) is 25.7 Å². The van der Waals surface area contributed by atoms with Gasteiger partial charge in [-0.25, -0.2) is 0 Å². The van der Waals surface area contributed by atoms with E-state index in [-0.39, 0.29) is 0 Å². The van der Waals surface area contributed by atoms with Gasteiger partial charge in [0.15, 0.2) is 0 Å². The highest BCUT2D eigenvalue weighted by molar-refractivity contribution is 7.79. The van der Waals surface area contributed by atoms with E-state index in [0.717, 1.165) is 18.6 Å². The lowest BCUT2D eigenvalue weighted by molar-refractivity contribution is 0.315. The highest BCUT2D eigenvalue weighted by Crippen LogP contribution is 2.15. The minimum Gasteiger partial charge on any atom is -0.411 e. The number of oxime groups is 1. The second-order valence-electron chi connectivity index (χ2n) is 4.80. The summed E-state index contributed by atoms with van der Waals surface area (Å²) >= 11 is 0. The molecule has 0 radical (unpaired) electrons. The molecule has 0 heterocycles. The van der Waals surface area contributed by atoms with Crippen molar-refractivity contribution in [2.75, 3.05) is 0 Å². The molecular weight excluding hydrogens is 270 g/mol. The van der Waals surface area contributed by atoms with Crippen molar-refractivity contribution >= 4 is 16.1 Å². The SMILES string of the molecule is O=S(=O)(O)O.ON=C1CCCCCCCCCCC1. The molecule has 0 aromatic rings. The van der Waals surface area contributed by atoms with E-state index < -0.39 is 10.4 Å². The van der Waals surface area contributed by atoms with Gasteiger partial charge in [0.2, 0.25) is 0 Å². The first-order chi connectivity index (χ1) is 8.93. The Morgan fingerprint density at radius 3 is 1.26 bits per heavy atom. The first-order valence-corrected chi connectivity index (χ1v) is 8.23. The van der Waals surface area contributed by atoms with Crippen LogP contribution in [-0.4, -0.2) is 28.4 Å². The Kier molecular flexibility index (Phi) is 10.8. The lowest BCUT2D eigenvalue weighted by Gasteiger charge is -2.07. The zero-order chi connectivity index (χ0) is 14.6. The molecule has 19 heavy (non-hydrogen) atoms. The fourth-order valence-electron chi connectivity index (χ4n) is 2.12. The molecule has 0 aromatic heterocycles. The van der Waals surface area contributed by atoms with Gasteiger partial charge < -0.3 is 5.21 Å². The lowest BCUT2D eigenvalue weighted by Crippen LogP contribution is -1.99. The zero-order valence-corrected chi connectivity index (χ0v) is 12.1. The summed E-state index contributed by atoms with van der Waals surface area (Å²) in [5.41, 5.74) is 1.02. The van der Waals surface area contributed by atoms with E-state index in [4.69, 9.17) is 22.7 Å². The van der Waals surface area contributed by atoms with E-state index in [1.54, 1.807) is 0 Å². The molecule has 6 nitrogen and oxygen atoms in total. The quantitative estimate of drug-likeness (QED) is 0.360. The highest BCUT2D eigenvalue weighted by Gasteiger charge is 2.02. The maximum atomic E-state index is 8.78. The third-order valence-electron chi connectivity index (χ3n) is 3.07. The number of nitrogens with zero attached hydrogens (tertiary/aromatic N) is 1. The Bertz CT molecular complexity index is 318. The molecule has 1 aliphatic rings. The van der Waals surface area contributed by atoms with Crippen LogP contribution in [0.5, 0.6) is 0 Å². The summed E-state index contributed by atoms with van der Waals surface area (Å²) in [6, 6.07) is 0. The largest absolute Gasteiger partial charge is 0.411 e. The van der Waals surface area contributed by atoms with Gasteiger partial charge in [0.05, 0.1) is 5.71 Å². The van der Waals surface area contributed by atoms with E-state index in [0.29, 0.717) is 0 Å². The van der Waals surface area contributed by atoms with E-state index in [9.17, 15) is 0 Å². The molecule has 7 heteroatoms. The van der Waals surface area contributed by atoms with Crippen LogP contribution >= 0.6 is 0 Å². The Morgan fingerprint density at radius 1 is 0.737 bits per heavy atom. The van der Waals surface area contributed by atoms with Crippen molar-refractivity contribution in [1.29, 1.82) is 0 Å². The Morgan fingerprint density at radius 2 is 1.00 bits per heavy atom. The van der Waals surface area contributed by atoms with Gasteiger partial charge in [-0.2, -0.15) is 8.42 Å². The van der Waals surface area contributed by atoms with Crippen molar-refractivity contribution in [3.63, 3.8) is 0 Å². The summed E-state index contributed by atoms with van der Waals surface area (Å²) in [7, 11) is -4.67. The molecule has 114 valence electrons. The molecule has 0 aliphatic heterocycles. The summed E-state index contributed by atoms with van der Waals surface area (Å²) in [4.78, 5) is 0. The molecule has 0 amide bonds. The van der Waals surface area contributed by atoms with Crippen LogP contribution in [0.25, 0.3) is 0 Å². The van der Waals surface area contributed by atoms with Crippen molar-refractivity contribution in [1.82, 2.24) is 0 Å². The fraction of sp³-hybridized carbons (Fsp3) is 0.917. The summed E-state index contributed by atoms with van der Waals surface area (Å²) in [5, 5.41) is 12.2. The molecule has 0 bridgehead atoms. The minimum atomic E-state index is -4.67. The van der Waals surface area contributed by atoms with Gasteiger partial charge in [0, 0.05) is 0 Å². The molecule has 0 atom stereocenters. The maximum absolute atomic E-state index is 8.78. The topological polar surface area (TPSA) is 107 Å². The standard InChI is InChI=1S/C12H23NO.H2O4S/c14-13-12-10-8-6-4-2-1-3-5-7-9-11-12;1-5(2,3)4/h14H,1-11H2;(H2,1,2,3,4). The van der Waals surface area contributed by atoms with E-state index in [1.165, 1.54) is 57.8 Å². The maximum Gasteiger partial charge on any atom is 0.394 e. The van der Waals surface area contributed by atoms with Crippen LogP contribution in [0.4, 0.5) is 0 Å². The van der Waals surface area contributed by atoms with Crippen molar-refractivity contribution < 1.29 is 22.7 Å². The van der Waals surface area contributed by atoms with Gasteiger partial charge >= 0.3 is 10.4 Å². The van der Waals surface area contributed by atoms with Gasteiger partial charge in [-0.3, -0.25) is 9.11 Å². The van der Waals surface area contributed by atoms with Crippen LogP contribution in [0.3, 0.4) is 0 Å². The summed E-state index contributed by atoms with van der Waals surface area (Å²) in [5.74, 6) is 0. The van der Waals surface area contributed by atoms with E-state index in [1.807, 2.05) is 0 Å². The van der Waals surface area contributed by atoms with E-state index >= 15 is 0 Å². The number of hydrogen-bond acceptors (Lipinski definition) is 4. The number of rotatable bonds is 0. The second-order valence-corrected chi connectivity index (χ2v) is 5.69. The Labute approximate surface area is 115 Å². The van der Waals surface area contributed by atoms with Crippen LogP contribution in [0, 0.1) is 0 Å². The van der Waals surface area contributed by atoms with Crippen LogP contribution < -0.4 is 0 Å². The van der Waals surface area contributed by atoms with Crippen molar-refractivity contribution in [3.05, 3.63) is 0 Å². The predicted molar refractivity (Wildman–Crippen MR) is 74.2 cm³/mol. The molecule has 1 aliphatic carbocycles. The summed E-state index contributed by atoms with van der Waals surface area (Å²) in [6.45, 7) is 0. The van der Waals surface area contributed by atoms with Gasteiger partial charge in [-0.15, -0.1) is 0 Å². The number of hydrogen-bond donors (Lipinski definition) is 3. The minimum absolute atomic E-state index is 1.01. The van der Waals surface area contributed by atoms with Crippen molar-refractivity contribution in [3.8, 4) is 0 Å². The van der Waals surface area contributed by atoms with Crippen molar-refractivity contribution in [2.24, 2.45) is 5.16 Å². The monoisotopic (exact) mass is 295 g/mol. The first kappa shape index (κ1) is 18.3. The molecule has 0 spiro atoms. The Hall–Kier alpha value is -0.660. The van der Waals surface area contributed by atoms with Crippen molar-refractivity contribution in [2.45, 2.75) is 70.6 Å². The fourth-order valence-corrected chi connectivity index (χ4v) is 2.12.